The Kier molecular flexibility index (Phi) is 8.09. The molecule has 2 aliphatic rings. The van der Waals surface area contributed by atoms with Crippen LogP contribution in [0.4, 0.5) is 17.1 Å². The van der Waals surface area contributed by atoms with Crippen LogP contribution in [0.25, 0.3) is 0 Å². The molecule has 2 saturated heterocycles. The maximum Gasteiger partial charge on any atom is 0.241 e. The molecule has 2 fully saturated rings. The number of hydrogen-bond acceptors (Lipinski definition) is 5. The van der Waals surface area contributed by atoms with Crippen LogP contribution in [0.15, 0.2) is 42.5 Å². The van der Waals surface area contributed by atoms with Crippen LogP contribution in [0.1, 0.15) is 19.3 Å². The van der Waals surface area contributed by atoms with E-state index >= 15 is 0 Å². The predicted molar refractivity (Wildman–Crippen MR) is 132 cm³/mol. The number of amides is 2. The molecule has 0 aromatic heterocycles. The van der Waals surface area contributed by atoms with Gasteiger partial charge in [-0.2, -0.15) is 0 Å². The quantitative estimate of drug-likeness (QED) is 0.632. The third-order valence-corrected chi connectivity index (χ3v) is 6.72. The highest BCUT2D eigenvalue weighted by molar-refractivity contribution is 6.42. The van der Waals surface area contributed by atoms with Gasteiger partial charge in [0, 0.05) is 30.2 Å². The Hall–Kier alpha value is -2.32. The van der Waals surface area contributed by atoms with Crippen LogP contribution >= 0.6 is 23.2 Å². The number of anilines is 3. The number of halogens is 2. The molecule has 1 unspecified atom stereocenters. The van der Waals surface area contributed by atoms with Gasteiger partial charge in [0.1, 0.15) is 0 Å². The summed E-state index contributed by atoms with van der Waals surface area (Å²) in [6.45, 7) is 4.05. The smallest absolute Gasteiger partial charge is 0.241 e. The van der Waals surface area contributed by atoms with Crippen molar-refractivity contribution in [3.63, 3.8) is 0 Å². The number of carbonyl (C=O) groups excluding carboxylic acids is 2. The third kappa shape index (κ3) is 6.38. The van der Waals surface area contributed by atoms with Gasteiger partial charge in [-0.25, -0.2) is 0 Å². The summed E-state index contributed by atoms with van der Waals surface area (Å²) in [5.41, 5.74) is 2.45. The van der Waals surface area contributed by atoms with E-state index in [0.29, 0.717) is 28.7 Å². The average Bonchev–Trinajstić information content (AvgIpc) is 2.83. The van der Waals surface area contributed by atoms with Crippen LogP contribution in [-0.2, 0) is 14.3 Å². The van der Waals surface area contributed by atoms with Crippen molar-refractivity contribution >= 4 is 52.1 Å². The van der Waals surface area contributed by atoms with Gasteiger partial charge in [0.05, 0.1) is 35.8 Å². The highest BCUT2D eigenvalue weighted by Gasteiger charge is 2.30. The summed E-state index contributed by atoms with van der Waals surface area (Å²) < 4.78 is 5.40. The molecule has 0 spiro atoms. The van der Waals surface area contributed by atoms with E-state index in [-0.39, 0.29) is 24.4 Å². The molecule has 176 valence electrons. The van der Waals surface area contributed by atoms with E-state index in [0.717, 1.165) is 50.5 Å². The number of carbonyl (C=O) groups is 2. The molecule has 2 aromatic rings. The summed E-state index contributed by atoms with van der Waals surface area (Å²) in [6.07, 6.45) is 2.60. The SMILES string of the molecule is O=C(CN1CCCCC1C(=O)Nc1ccc(Cl)c(Cl)c1)Nc1ccc(N2CCOCC2)cc1. The van der Waals surface area contributed by atoms with Gasteiger partial charge >= 0.3 is 0 Å². The number of rotatable bonds is 6. The number of nitrogens with one attached hydrogen (secondary N) is 2. The van der Waals surface area contributed by atoms with Crippen LogP contribution in [-0.4, -0.2) is 62.1 Å². The molecule has 33 heavy (non-hydrogen) atoms. The van der Waals surface area contributed by atoms with E-state index < -0.39 is 0 Å². The lowest BCUT2D eigenvalue weighted by atomic mass is 10.0. The summed E-state index contributed by atoms with van der Waals surface area (Å²) >= 11 is 12.0. The standard InChI is InChI=1S/C24H28Cl2N4O3/c25-20-9-6-18(15-21(20)26)28-24(32)22-3-1-2-10-30(22)16-23(31)27-17-4-7-19(8-5-17)29-11-13-33-14-12-29/h4-9,15,22H,1-3,10-14,16H2,(H,27,31)(H,28,32). The molecule has 0 aliphatic carbocycles. The van der Waals surface area contributed by atoms with Crippen LogP contribution in [0.5, 0.6) is 0 Å². The Labute approximate surface area is 204 Å². The number of hydrogen-bond donors (Lipinski definition) is 2. The minimum Gasteiger partial charge on any atom is -0.378 e. The van der Waals surface area contributed by atoms with Crippen molar-refractivity contribution in [1.82, 2.24) is 4.90 Å². The van der Waals surface area contributed by atoms with E-state index in [4.69, 9.17) is 27.9 Å². The Morgan fingerprint density at radius 1 is 0.909 bits per heavy atom. The molecule has 0 saturated carbocycles. The largest absolute Gasteiger partial charge is 0.378 e. The zero-order valence-electron chi connectivity index (χ0n) is 18.4. The zero-order valence-corrected chi connectivity index (χ0v) is 19.9. The Balaban J connectivity index is 1.33. The van der Waals surface area contributed by atoms with Gasteiger partial charge in [-0.15, -0.1) is 0 Å². The monoisotopic (exact) mass is 490 g/mol. The predicted octanol–water partition coefficient (Wildman–Crippen LogP) is 4.26. The summed E-state index contributed by atoms with van der Waals surface area (Å²) in [5, 5.41) is 6.67. The van der Waals surface area contributed by atoms with E-state index in [2.05, 4.69) is 15.5 Å². The van der Waals surface area contributed by atoms with E-state index in [1.54, 1.807) is 18.2 Å². The van der Waals surface area contributed by atoms with E-state index in [9.17, 15) is 9.59 Å². The number of likely N-dealkylation sites (tertiary alicyclic amines) is 1. The normalized spacial score (nSPS) is 19.2. The van der Waals surface area contributed by atoms with Crippen LogP contribution in [0.2, 0.25) is 10.0 Å². The van der Waals surface area contributed by atoms with Gasteiger partial charge in [-0.1, -0.05) is 29.6 Å². The molecule has 2 N–H and O–H groups in total. The van der Waals surface area contributed by atoms with Crippen molar-refractivity contribution in [2.45, 2.75) is 25.3 Å². The first-order valence-electron chi connectivity index (χ1n) is 11.2. The van der Waals surface area contributed by atoms with Crippen molar-refractivity contribution < 1.29 is 14.3 Å². The number of benzene rings is 2. The van der Waals surface area contributed by atoms with Crippen molar-refractivity contribution in [1.29, 1.82) is 0 Å². The highest BCUT2D eigenvalue weighted by Crippen LogP contribution is 2.26. The molecular weight excluding hydrogens is 463 g/mol. The molecule has 2 amide bonds. The Bertz CT molecular complexity index is 980. The van der Waals surface area contributed by atoms with Crippen molar-refractivity contribution in [3.8, 4) is 0 Å². The van der Waals surface area contributed by atoms with Crippen LogP contribution < -0.4 is 15.5 Å². The number of nitrogens with zero attached hydrogens (tertiary/aromatic N) is 2. The molecule has 2 aromatic carbocycles. The number of piperidine rings is 1. The van der Waals surface area contributed by atoms with E-state index in [1.807, 2.05) is 29.2 Å². The van der Waals surface area contributed by atoms with Crippen molar-refractivity contribution in [2.24, 2.45) is 0 Å². The summed E-state index contributed by atoms with van der Waals surface area (Å²) in [4.78, 5) is 29.9. The Morgan fingerprint density at radius 2 is 1.64 bits per heavy atom. The summed E-state index contributed by atoms with van der Waals surface area (Å²) in [5.74, 6) is -0.279. The second-order valence-corrected chi connectivity index (χ2v) is 9.11. The first-order chi connectivity index (χ1) is 16.0. The molecule has 4 rings (SSSR count). The second-order valence-electron chi connectivity index (χ2n) is 8.29. The summed E-state index contributed by atoms with van der Waals surface area (Å²) in [6, 6.07) is 12.5. The number of ether oxygens (including phenoxy) is 1. The summed E-state index contributed by atoms with van der Waals surface area (Å²) in [7, 11) is 0. The maximum absolute atomic E-state index is 12.9. The van der Waals surface area contributed by atoms with Gasteiger partial charge in [0.2, 0.25) is 11.8 Å². The molecule has 7 nitrogen and oxygen atoms in total. The molecule has 2 heterocycles. The van der Waals surface area contributed by atoms with E-state index in [1.165, 1.54) is 0 Å². The minimum absolute atomic E-state index is 0.136. The fraction of sp³-hybridized carbons (Fsp3) is 0.417. The molecule has 2 aliphatic heterocycles. The molecular formula is C24H28Cl2N4O3. The first kappa shape index (κ1) is 23.8. The molecule has 9 heteroatoms. The van der Waals surface area contributed by atoms with Crippen molar-refractivity contribution in [3.05, 3.63) is 52.5 Å². The lowest BCUT2D eigenvalue weighted by Crippen LogP contribution is -2.49. The van der Waals surface area contributed by atoms with Crippen LogP contribution in [0, 0.1) is 0 Å². The molecule has 0 radical (unpaired) electrons. The average molecular weight is 491 g/mol. The Morgan fingerprint density at radius 3 is 2.36 bits per heavy atom. The number of morpholine rings is 1. The van der Waals surface area contributed by atoms with Gasteiger partial charge < -0.3 is 20.3 Å². The second kappa shape index (κ2) is 11.2. The topological polar surface area (TPSA) is 73.9 Å². The van der Waals surface area contributed by atoms with Crippen LogP contribution in [0.3, 0.4) is 0 Å². The molecule has 0 bridgehead atoms. The first-order valence-corrected chi connectivity index (χ1v) is 12.0. The van der Waals surface area contributed by atoms with Gasteiger partial charge in [0.15, 0.2) is 0 Å². The lowest BCUT2D eigenvalue weighted by molar-refractivity contribution is -0.124. The van der Waals surface area contributed by atoms with Crippen molar-refractivity contribution in [2.75, 3.05) is 54.9 Å². The minimum atomic E-state index is -0.373. The maximum atomic E-state index is 12.9. The zero-order chi connectivity index (χ0) is 23.2. The highest BCUT2D eigenvalue weighted by atomic mass is 35.5. The fourth-order valence-electron chi connectivity index (χ4n) is 4.24. The third-order valence-electron chi connectivity index (χ3n) is 5.98. The van der Waals surface area contributed by atoms with Gasteiger partial charge in [-0.3, -0.25) is 14.5 Å². The fourth-order valence-corrected chi connectivity index (χ4v) is 4.54. The lowest BCUT2D eigenvalue weighted by Gasteiger charge is -2.34. The van der Waals surface area contributed by atoms with Gasteiger partial charge in [-0.05, 0) is 61.9 Å². The molecule has 1 atom stereocenters. The van der Waals surface area contributed by atoms with Gasteiger partial charge in [0.25, 0.3) is 0 Å².